The fourth-order valence-corrected chi connectivity index (χ4v) is 10.9. The molecule has 6 N–H and O–H groups in total. The molecule has 1 rings (SSSR count). The molecule has 1 amide bonds. The van der Waals surface area contributed by atoms with E-state index in [1.807, 2.05) is 6.08 Å². The maximum Gasteiger partial charge on any atom is 0.220 e. The van der Waals surface area contributed by atoms with Gasteiger partial charge in [0, 0.05) is 6.42 Å². The van der Waals surface area contributed by atoms with E-state index in [1.54, 1.807) is 6.08 Å². The van der Waals surface area contributed by atoms with Crippen molar-refractivity contribution in [3.05, 3.63) is 60.8 Å². The van der Waals surface area contributed by atoms with Crippen LogP contribution in [0.4, 0.5) is 0 Å². The number of carbonyl (C=O) groups excluding carboxylic acids is 1. The number of nitrogens with one attached hydrogen (secondary N) is 1. The number of unbranched alkanes of at least 4 members (excludes halogenated alkanes) is 42. The summed E-state index contributed by atoms with van der Waals surface area (Å²) in [6.45, 7) is 3.79. The molecular weight excluding hydrogens is 995 g/mol. The first-order valence-electron chi connectivity index (χ1n) is 34.5. The maximum atomic E-state index is 13.1. The van der Waals surface area contributed by atoms with Crippen LogP contribution in [0.1, 0.15) is 328 Å². The van der Waals surface area contributed by atoms with E-state index in [4.69, 9.17) is 9.47 Å². The zero-order valence-corrected chi connectivity index (χ0v) is 52.3. The van der Waals surface area contributed by atoms with Crippen molar-refractivity contribution in [2.75, 3.05) is 13.2 Å². The zero-order valence-electron chi connectivity index (χ0n) is 52.3. The number of rotatable bonds is 60. The Morgan fingerprint density at radius 1 is 0.425 bits per heavy atom. The Morgan fingerprint density at radius 2 is 0.750 bits per heavy atom. The van der Waals surface area contributed by atoms with E-state index in [1.165, 1.54) is 257 Å². The molecule has 0 aromatic heterocycles. The van der Waals surface area contributed by atoms with Crippen molar-refractivity contribution in [1.29, 1.82) is 0 Å². The maximum absolute atomic E-state index is 13.1. The van der Waals surface area contributed by atoms with Crippen molar-refractivity contribution in [1.82, 2.24) is 5.32 Å². The van der Waals surface area contributed by atoms with Gasteiger partial charge in [0.15, 0.2) is 6.29 Å². The number of allylic oxidation sites excluding steroid dienone is 9. The second-order valence-electron chi connectivity index (χ2n) is 24.0. The first-order valence-corrected chi connectivity index (χ1v) is 34.5. The Labute approximate surface area is 494 Å². The average Bonchev–Trinajstić information content (AvgIpc) is 3.46. The van der Waals surface area contributed by atoms with Crippen LogP contribution in [0.5, 0.6) is 0 Å². The molecular formula is C71H131NO8. The first kappa shape index (κ1) is 75.9. The molecule has 0 aromatic carbocycles. The smallest absolute Gasteiger partial charge is 0.220 e. The van der Waals surface area contributed by atoms with Crippen molar-refractivity contribution in [2.45, 2.75) is 371 Å². The minimum Gasteiger partial charge on any atom is -0.394 e. The molecule has 0 saturated carbocycles. The molecule has 7 unspecified atom stereocenters. The average molecular weight is 1130 g/mol. The van der Waals surface area contributed by atoms with Gasteiger partial charge in [-0.25, -0.2) is 0 Å². The standard InChI is InChI=1S/C71H131NO8/c1-3-5-7-9-11-13-15-17-19-21-23-25-27-29-30-31-32-33-34-35-36-37-39-41-43-45-47-49-51-53-55-57-59-61-67(75)72-64(63-79-71-70(78)69(77)68(76)66(62-73)80-71)65(74)60-58-56-54-52-50-48-46-44-42-40-38-28-26-24-22-20-18-16-14-12-10-8-6-4-2/h15,17,21,23,27,29,50,52,58,60,64-66,68-71,73-74,76-78H,3-14,16,18-20,22,24-26,28,30-49,51,53-57,59,61-63H2,1-2H3,(H,72,75)/b17-15-,23-21-,29-27-,52-50+,60-58+. The highest BCUT2D eigenvalue weighted by atomic mass is 16.7. The summed E-state index contributed by atoms with van der Waals surface area (Å²) in [4.78, 5) is 13.1. The summed E-state index contributed by atoms with van der Waals surface area (Å²) in [6.07, 6.45) is 76.1. The number of amides is 1. The lowest BCUT2D eigenvalue weighted by Gasteiger charge is -2.40. The molecule has 1 aliphatic heterocycles. The molecule has 9 nitrogen and oxygen atoms in total. The van der Waals surface area contributed by atoms with Crippen LogP contribution >= 0.6 is 0 Å². The Bertz CT molecular complexity index is 1450. The summed E-state index contributed by atoms with van der Waals surface area (Å²) in [5.41, 5.74) is 0. The van der Waals surface area contributed by atoms with Crippen LogP contribution in [0.2, 0.25) is 0 Å². The highest BCUT2D eigenvalue weighted by Crippen LogP contribution is 2.23. The summed E-state index contributed by atoms with van der Waals surface area (Å²) in [6, 6.07) is -0.824. The van der Waals surface area contributed by atoms with E-state index in [-0.39, 0.29) is 12.5 Å². The fourth-order valence-electron chi connectivity index (χ4n) is 10.9. The van der Waals surface area contributed by atoms with Gasteiger partial charge in [0.1, 0.15) is 24.4 Å². The van der Waals surface area contributed by atoms with Crippen LogP contribution in [-0.4, -0.2) is 87.5 Å². The normalized spacial score (nSPS) is 18.8. The molecule has 0 aromatic rings. The molecule has 9 heteroatoms. The predicted molar refractivity (Wildman–Crippen MR) is 341 cm³/mol. The van der Waals surface area contributed by atoms with Crippen LogP contribution in [0.3, 0.4) is 0 Å². The molecule has 0 spiro atoms. The van der Waals surface area contributed by atoms with Gasteiger partial charge in [-0.2, -0.15) is 0 Å². The van der Waals surface area contributed by atoms with Crippen LogP contribution in [0.25, 0.3) is 0 Å². The molecule has 1 saturated heterocycles. The van der Waals surface area contributed by atoms with E-state index in [9.17, 15) is 30.3 Å². The second kappa shape index (κ2) is 60.0. The van der Waals surface area contributed by atoms with Crippen LogP contribution < -0.4 is 5.32 Å². The van der Waals surface area contributed by atoms with E-state index in [2.05, 4.69) is 67.8 Å². The monoisotopic (exact) mass is 1130 g/mol. The lowest BCUT2D eigenvalue weighted by Crippen LogP contribution is -2.60. The molecule has 1 heterocycles. The van der Waals surface area contributed by atoms with Gasteiger partial charge in [-0.3, -0.25) is 4.79 Å². The van der Waals surface area contributed by atoms with Crippen molar-refractivity contribution in [2.24, 2.45) is 0 Å². The number of hydrogen-bond donors (Lipinski definition) is 6. The molecule has 468 valence electrons. The van der Waals surface area contributed by atoms with Gasteiger partial charge in [-0.15, -0.1) is 0 Å². The van der Waals surface area contributed by atoms with Gasteiger partial charge in [0.25, 0.3) is 0 Å². The Hall–Kier alpha value is -2.11. The van der Waals surface area contributed by atoms with E-state index >= 15 is 0 Å². The van der Waals surface area contributed by atoms with Gasteiger partial charge < -0.3 is 40.3 Å². The van der Waals surface area contributed by atoms with Crippen LogP contribution in [0.15, 0.2) is 60.8 Å². The zero-order chi connectivity index (χ0) is 57.9. The van der Waals surface area contributed by atoms with Gasteiger partial charge >= 0.3 is 0 Å². The van der Waals surface area contributed by atoms with E-state index < -0.39 is 49.5 Å². The second-order valence-corrected chi connectivity index (χ2v) is 24.0. The van der Waals surface area contributed by atoms with Gasteiger partial charge in [0.05, 0.1) is 25.4 Å². The molecule has 0 aliphatic carbocycles. The predicted octanol–water partition coefficient (Wildman–Crippen LogP) is 18.6. The summed E-state index contributed by atoms with van der Waals surface area (Å²) < 4.78 is 11.3. The number of hydrogen-bond acceptors (Lipinski definition) is 8. The molecule has 0 bridgehead atoms. The third-order valence-corrected chi connectivity index (χ3v) is 16.3. The van der Waals surface area contributed by atoms with Crippen molar-refractivity contribution in [3.8, 4) is 0 Å². The highest BCUT2D eigenvalue weighted by Gasteiger charge is 2.44. The number of aliphatic hydroxyl groups excluding tert-OH is 5. The first-order chi connectivity index (χ1) is 39.3. The molecule has 1 fully saturated rings. The number of aliphatic hydroxyl groups is 5. The molecule has 1 aliphatic rings. The summed E-state index contributed by atoms with van der Waals surface area (Å²) in [5, 5.41) is 54.7. The third kappa shape index (κ3) is 48.3. The largest absolute Gasteiger partial charge is 0.394 e. The molecule has 80 heavy (non-hydrogen) atoms. The Kier molecular flexibility index (Phi) is 57.0. The van der Waals surface area contributed by atoms with Crippen molar-refractivity contribution >= 4 is 5.91 Å². The van der Waals surface area contributed by atoms with Gasteiger partial charge in [-0.05, 0) is 70.6 Å². The van der Waals surface area contributed by atoms with Crippen LogP contribution in [0, 0.1) is 0 Å². The summed E-state index contributed by atoms with van der Waals surface area (Å²) >= 11 is 0. The summed E-state index contributed by atoms with van der Waals surface area (Å²) in [7, 11) is 0. The molecule has 7 atom stereocenters. The number of carbonyl (C=O) groups is 1. The highest BCUT2D eigenvalue weighted by molar-refractivity contribution is 5.76. The lowest BCUT2D eigenvalue weighted by molar-refractivity contribution is -0.302. The minimum atomic E-state index is -1.57. The van der Waals surface area contributed by atoms with E-state index in [0.29, 0.717) is 6.42 Å². The molecule has 0 radical (unpaired) electrons. The van der Waals surface area contributed by atoms with Crippen LogP contribution in [-0.2, 0) is 14.3 Å². The lowest BCUT2D eigenvalue weighted by atomic mass is 9.99. The Morgan fingerprint density at radius 3 is 1.14 bits per heavy atom. The van der Waals surface area contributed by atoms with Gasteiger partial charge in [-0.1, -0.05) is 312 Å². The van der Waals surface area contributed by atoms with Crippen molar-refractivity contribution in [3.63, 3.8) is 0 Å². The fraction of sp³-hybridized carbons (Fsp3) is 0.845. The SMILES string of the molecule is CCCCCCC/C=C\C/C=C\C/C=C\CCCCCCCCCCCCCCCCCCCCC(=O)NC(COC1OC(CO)C(O)C(O)C1O)C(O)/C=C/CC/C=C/CCCCCCCCCCCCCCCCCCCC. The van der Waals surface area contributed by atoms with Crippen molar-refractivity contribution < 1.29 is 39.8 Å². The number of ether oxygens (including phenoxy) is 2. The Balaban J connectivity index is 2.14. The quantitative estimate of drug-likeness (QED) is 0.0261. The topological polar surface area (TPSA) is 149 Å². The van der Waals surface area contributed by atoms with E-state index in [0.717, 1.165) is 51.4 Å². The van der Waals surface area contributed by atoms with Gasteiger partial charge in [0.2, 0.25) is 5.91 Å². The minimum absolute atomic E-state index is 0.182. The summed E-state index contributed by atoms with van der Waals surface area (Å²) in [5.74, 6) is -0.182. The third-order valence-electron chi connectivity index (χ3n) is 16.3.